The highest BCUT2D eigenvalue weighted by Gasteiger charge is 2.25. The number of halogens is 2. The maximum Gasteiger partial charge on any atom is 0.172 e. The van der Waals surface area contributed by atoms with E-state index in [1.807, 2.05) is 11.8 Å². The lowest BCUT2D eigenvalue weighted by Crippen LogP contribution is -2.37. The summed E-state index contributed by atoms with van der Waals surface area (Å²) in [6, 6.07) is 5.69. The molecule has 0 saturated carbocycles. The number of aromatic nitrogens is 2. The smallest absolute Gasteiger partial charge is 0.172 e. The van der Waals surface area contributed by atoms with Crippen LogP contribution in [0.3, 0.4) is 0 Å². The molecular formula is C15H14ClFN4O. The number of hydrogen-bond acceptors (Lipinski definition) is 5. The number of benzene rings is 1. The number of anilines is 2. The third kappa shape index (κ3) is 2.62. The highest BCUT2D eigenvalue weighted by Crippen LogP contribution is 2.35. The van der Waals surface area contributed by atoms with Gasteiger partial charge in [-0.1, -0.05) is 11.6 Å². The highest BCUT2D eigenvalue weighted by molar-refractivity contribution is 6.29. The molecule has 0 radical (unpaired) electrons. The number of fused-ring (bicyclic) bond motifs is 1. The Morgan fingerprint density at radius 2 is 2.23 bits per heavy atom. The Morgan fingerprint density at radius 3 is 3.00 bits per heavy atom. The van der Waals surface area contributed by atoms with E-state index in [2.05, 4.69) is 15.5 Å². The van der Waals surface area contributed by atoms with Crippen LogP contribution in [0.5, 0.6) is 0 Å². The zero-order valence-electron chi connectivity index (χ0n) is 11.9. The molecule has 1 aliphatic rings. The molecule has 5 nitrogen and oxygen atoms in total. The van der Waals surface area contributed by atoms with Gasteiger partial charge in [0.15, 0.2) is 11.0 Å². The average molecular weight is 321 g/mol. The summed E-state index contributed by atoms with van der Waals surface area (Å²) in [5.74, 6) is 0.264. The van der Waals surface area contributed by atoms with Gasteiger partial charge in [0.25, 0.3) is 0 Å². The molecule has 2 heterocycles. The van der Waals surface area contributed by atoms with Crippen molar-refractivity contribution in [2.45, 2.75) is 13.0 Å². The van der Waals surface area contributed by atoms with Crippen LogP contribution in [0.2, 0.25) is 5.15 Å². The van der Waals surface area contributed by atoms with Crippen LogP contribution in [0.15, 0.2) is 24.3 Å². The molecule has 7 heteroatoms. The van der Waals surface area contributed by atoms with Crippen LogP contribution in [0.25, 0.3) is 0 Å². The van der Waals surface area contributed by atoms with E-state index in [9.17, 15) is 9.18 Å². The van der Waals surface area contributed by atoms with Crippen molar-refractivity contribution in [3.05, 3.63) is 46.4 Å². The lowest BCUT2D eigenvalue weighted by Gasteiger charge is -2.36. The fraction of sp³-hybridized carbons (Fsp3) is 0.267. The summed E-state index contributed by atoms with van der Waals surface area (Å²) in [6.45, 7) is 3.29. The van der Waals surface area contributed by atoms with Crippen molar-refractivity contribution in [1.29, 1.82) is 0 Å². The second-order valence-corrected chi connectivity index (χ2v) is 5.48. The first-order chi connectivity index (χ1) is 10.6. The van der Waals surface area contributed by atoms with Crippen molar-refractivity contribution < 1.29 is 9.18 Å². The second-order valence-electron chi connectivity index (χ2n) is 5.09. The molecule has 1 atom stereocenters. The number of carbonyl (C=O) groups is 1. The van der Waals surface area contributed by atoms with E-state index in [0.29, 0.717) is 30.0 Å². The molecule has 1 aromatic carbocycles. The lowest BCUT2D eigenvalue weighted by atomic mass is 10.00. The molecule has 1 aliphatic heterocycles. The number of aldehydes is 1. The molecule has 22 heavy (non-hydrogen) atoms. The van der Waals surface area contributed by atoms with E-state index in [1.165, 1.54) is 18.2 Å². The Labute approximate surface area is 132 Å². The Morgan fingerprint density at radius 1 is 1.41 bits per heavy atom. The first kappa shape index (κ1) is 14.7. The fourth-order valence-corrected chi connectivity index (χ4v) is 2.85. The minimum absolute atomic E-state index is 0.197. The largest absolute Gasteiger partial charge is 0.365 e. The van der Waals surface area contributed by atoms with Crippen molar-refractivity contribution in [2.75, 3.05) is 23.3 Å². The van der Waals surface area contributed by atoms with Gasteiger partial charge in [-0.3, -0.25) is 4.79 Å². The molecule has 1 N–H and O–H groups in total. The quantitative estimate of drug-likeness (QED) is 0.881. The molecule has 0 fully saturated rings. The normalized spacial score (nSPS) is 15.0. The van der Waals surface area contributed by atoms with Gasteiger partial charge in [0.1, 0.15) is 12.1 Å². The molecule has 0 bridgehead atoms. The number of carbonyl (C=O) groups excluding carboxylic acids is 1. The monoisotopic (exact) mass is 320 g/mol. The minimum atomic E-state index is -0.367. The van der Waals surface area contributed by atoms with Crippen molar-refractivity contribution in [3.8, 4) is 0 Å². The van der Waals surface area contributed by atoms with Crippen LogP contribution in [0, 0.1) is 5.82 Å². The zero-order chi connectivity index (χ0) is 15.7. The van der Waals surface area contributed by atoms with Gasteiger partial charge in [0.05, 0.1) is 11.7 Å². The Kier molecular flexibility index (Phi) is 3.94. The van der Waals surface area contributed by atoms with E-state index < -0.39 is 0 Å². The maximum atomic E-state index is 13.6. The number of hydrogen-bond donors (Lipinski definition) is 1. The zero-order valence-corrected chi connectivity index (χ0v) is 12.6. The predicted octanol–water partition coefficient (Wildman–Crippen LogP) is 3.07. The number of nitrogens with zero attached hydrogens (tertiary/aromatic N) is 3. The third-order valence-electron chi connectivity index (χ3n) is 3.79. The van der Waals surface area contributed by atoms with Crippen molar-refractivity contribution in [2.24, 2.45) is 0 Å². The van der Waals surface area contributed by atoms with Crippen LogP contribution >= 0.6 is 11.6 Å². The van der Waals surface area contributed by atoms with Gasteiger partial charge < -0.3 is 10.2 Å². The van der Waals surface area contributed by atoms with Crippen LogP contribution < -0.4 is 10.2 Å². The van der Waals surface area contributed by atoms with Gasteiger partial charge >= 0.3 is 0 Å². The lowest BCUT2D eigenvalue weighted by molar-refractivity contribution is 0.112. The Hall–Kier alpha value is -2.21. The maximum absolute atomic E-state index is 13.6. The van der Waals surface area contributed by atoms with Crippen molar-refractivity contribution in [1.82, 2.24) is 10.2 Å². The Balaban J connectivity index is 2.04. The minimum Gasteiger partial charge on any atom is -0.365 e. The highest BCUT2D eigenvalue weighted by atomic mass is 35.5. The molecule has 0 spiro atoms. The summed E-state index contributed by atoms with van der Waals surface area (Å²) in [5, 5.41) is 11.3. The summed E-state index contributed by atoms with van der Waals surface area (Å²) in [7, 11) is 0. The summed E-state index contributed by atoms with van der Waals surface area (Å²) in [5.41, 5.74) is 1.90. The van der Waals surface area contributed by atoms with Gasteiger partial charge in [-0.25, -0.2) is 4.39 Å². The van der Waals surface area contributed by atoms with Crippen LogP contribution in [0.1, 0.15) is 28.9 Å². The summed E-state index contributed by atoms with van der Waals surface area (Å²) >= 11 is 5.93. The molecule has 3 rings (SSSR count). The summed E-state index contributed by atoms with van der Waals surface area (Å²) in [4.78, 5) is 13.3. The van der Waals surface area contributed by atoms with Gasteiger partial charge in [-0.15, -0.1) is 10.2 Å². The van der Waals surface area contributed by atoms with Crippen LogP contribution in [-0.4, -0.2) is 29.6 Å². The van der Waals surface area contributed by atoms with Gasteiger partial charge in [0.2, 0.25) is 0 Å². The van der Waals surface area contributed by atoms with Crippen LogP contribution in [0.4, 0.5) is 15.9 Å². The van der Waals surface area contributed by atoms with Gasteiger partial charge in [0, 0.05) is 24.7 Å². The van der Waals surface area contributed by atoms with Gasteiger partial charge in [-0.05, 0) is 30.7 Å². The predicted molar refractivity (Wildman–Crippen MR) is 83.1 cm³/mol. The average Bonchev–Trinajstić information content (AvgIpc) is 2.53. The molecule has 0 aliphatic carbocycles. The summed E-state index contributed by atoms with van der Waals surface area (Å²) < 4.78 is 13.6. The molecule has 0 amide bonds. The standard InChI is InChI=1S/C15H14ClFN4O/c1-9(12-6-11(17)3-2-10(12)8-22)21-5-4-18-15-13(21)7-14(16)19-20-15/h2-3,6-9H,4-5H2,1H3,(H,18,20)/t9-/m1/s1. The van der Waals surface area contributed by atoms with E-state index in [4.69, 9.17) is 11.6 Å². The van der Waals surface area contributed by atoms with Crippen LogP contribution in [-0.2, 0) is 0 Å². The summed E-state index contributed by atoms with van der Waals surface area (Å²) in [6.07, 6.45) is 0.742. The van der Waals surface area contributed by atoms with Gasteiger partial charge in [-0.2, -0.15) is 0 Å². The van der Waals surface area contributed by atoms with E-state index >= 15 is 0 Å². The molecule has 114 valence electrons. The van der Waals surface area contributed by atoms with E-state index in [1.54, 1.807) is 6.07 Å². The van der Waals surface area contributed by atoms with E-state index in [-0.39, 0.29) is 17.0 Å². The topological polar surface area (TPSA) is 58.1 Å². The molecule has 2 aromatic rings. The second kappa shape index (κ2) is 5.88. The molecule has 0 unspecified atom stereocenters. The molecule has 1 aromatic heterocycles. The van der Waals surface area contributed by atoms with Crippen molar-refractivity contribution in [3.63, 3.8) is 0 Å². The molecule has 0 saturated heterocycles. The number of nitrogens with one attached hydrogen (secondary N) is 1. The number of rotatable bonds is 3. The first-order valence-corrected chi connectivity index (χ1v) is 7.26. The fourth-order valence-electron chi connectivity index (χ4n) is 2.70. The third-order valence-corrected chi connectivity index (χ3v) is 3.98. The first-order valence-electron chi connectivity index (χ1n) is 6.88. The molecular weight excluding hydrogens is 307 g/mol. The van der Waals surface area contributed by atoms with E-state index in [0.717, 1.165) is 12.0 Å². The Bertz CT molecular complexity index is 725. The van der Waals surface area contributed by atoms with Crippen molar-refractivity contribution >= 4 is 29.4 Å². The SMILES string of the molecule is C[C@H](c1cc(F)ccc1C=O)N1CCNc2nnc(Cl)cc21.